The minimum atomic E-state index is -0.505. The maximum atomic E-state index is 12.2. The lowest BCUT2D eigenvalue weighted by molar-refractivity contribution is 0.102. The normalized spacial score (nSPS) is 10.4. The van der Waals surface area contributed by atoms with Crippen LogP contribution in [0.2, 0.25) is 10.0 Å². The number of carbonyl (C=O) groups is 1. The van der Waals surface area contributed by atoms with Crippen LogP contribution in [0, 0.1) is 0 Å². The molecule has 20 heavy (non-hydrogen) atoms. The van der Waals surface area contributed by atoms with Gasteiger partial charge in [-0.05, 0) is 30.3 Å². The fraction of sp³-hybridized carbons (Fsp3) is 0. The van der Waals surface area contributed by atoms with Crippen molar-refractivity contribution >= 4 is 66.7 Å². The van der Waals surface area contributed by atoms with Crippen molar-refractivity contribution in [3.05, 3.63) is 54.9 Å². The van der Waals surface area contributed by atoms with Gasteiger partial charge in [-0.3, -0.25) is 4.79 Å². The van der Waals surface area contributed by atoms with Crippen LogP contribution in [0.25, 0.3) is 0 Å². The molecule has 0 aromatic heterocycles. The van der Waals surface area contributed by atoms with Crippen LogP contribution < -0.4 is 5.32 Å². The fourth-order valence-corrected chi connectivity index (χ4v) is 3.20. The van der Waals surface area contributed by atoms with Crippen molar-refractivity contribution in [1.82, 2.24) is 0 Å². The minimum absolute atomic E-state index is 0.120. The number of halogens is 4. The van der Waals surface area contributed by atoms with Crippen LogP contribution in [-0.2, 0) is 0 Å². The summed E-state index contributed by atoms with van der Waals surface area (Å²) in [5.41, 5.74) is 0.412. The van der Waals surface area contributed by atoms with Crippen molar-refractivity contribution in [2.75, 3.05) is 5.32 Å². The number of hydrogen-bond donors (Lipinski definition) is 2. The second-order valence-electron chi connectivity index (χ2n) is 3.86. The first-order chi connectivity index (χ1) is 9.38. The second kappa shape index (κ2) is 6.35. The Hall–Kier alpha value is -0.750. The molecule has 0 saturated heterocycles. The van der Waals surface area contributed by atoms with Crippen molar-refractivity contribution in [2.45, 2.75) is 0 Å². The Morgan fingerprint density at radius 2 is 1.65 bits per heavy atom. The van der Waals surface area contributed by atoms with E-state index in [9.17, 15) is 9.90 Å². The van der Waals surface area contributed by atoms with Crippen molar-refractivity contribution in [3.8, 4) is 5.75 Å². The molecule has 3 nitrogen and oxygen atoms in total. The first kappa shape index (κ1) is 15.6. The summed E-state index contributed by atoms with van der Waals surface area (Å²) in [6.07, 6.45) is 0. The summed E-state index contributed by atoms with van der Waals surface area (Å²) in [5, 5.41) is 12.9. The molecule has 0 radical (unpaired) electrons. The molecule has 0 fully saturated rings. The Labute approximate surface area is 142 Å². The molecule has 2 N–H and O–H groups in total. The van der Waals surface area contributed by atoms with Crippen LogP contribution in [0.4, 0.5) is 5.69 Å². The van der Waals surface area contributed by atoms with Crippen molar-refractivity contribution in [3.63, 3.8) is 0 Å². The van der Waals surface area contributed by atoms with E-state index in [-0.39, 0.29) is 11.3 Å². The third-order valence-electron chi connectivity index (χ3n) is 2.45. The SMILES string of the molecule is O=C(Nc1c(Cl)cc(Br)cc1Cl)c1cc(Br)ccc1O. The molecule has 0 spiro atoms. The van der Waals surface area contributed by atoms with E-state index in [4.69, 9.17) is 23.2 Å². The van der Waals surface area contributed by atoms with Gasteiger partial charge in [0.25, 0.3) is 5.91 Å². The number of amides is 1. The summed E-state index contributed by atoms with van der Waals surface area (Å²) in [7, 11) is 0. The molecule has 0 unspecified atom stereocenters. The summed E-state index contributed by atoms with van der Waals surface area (Å²) in [6.45, 7) is 0. The lowest BCUT2D eigenvalue weighted by Gasteiger charge is -2.11. The van der Waals surface area contributed by atoms with E-state index in [0.717, 1.165) is 0 Å². The van der Waals surface area contributed by atoms with E-state index in [1.54, 1.807) is 18.2 Å². The standard InChI is InChI=1S/C13H7Br2Cl2NO2/c14-6-1-2-11(19)8(3-6)13(20)18-12-9(16)4-7(15)5-10(12)17/h1-5,19H,(H,18,20). The van der Waals surface area contributed by atoms with E-state index in [1.807, 2.05) is 0 Å². The highest BCUT2D eigenvalue weighted by molar-refractivity contribution is 9.10. The number of nitrogens with one attached hydrogen (secondary N) is 1. The summed E-state index contributed by atoms with van der Waals surface area (Å²) in [6, 6.07) is 7.79. The average molecular weight is 440 g/mol. The Bertz CT molecular complexity index is 669. The van der Waals surface area contributed by atoms with Gasteiger partial charge >= 0.3 is 0 Å². The van der Waals surface area contributed by atoms with Crippen LogP contribution in [0.1, 0.15) is 10.4 Å². The average Bonchev–Trinajstić information content (AvgIpc) is 2.36. The number of rotatable bonds is 2. The van der Waals surface area contributed by atoms with Gasteiger partial charge in [0.2, 0.25) is 0 Å². The molecule has 0 saturated carbocycles. The molecular formula is C13H7Br2Cl2NO2. The fourth-order valence-electron chi connectivity index (χ4n) is 1.53. The van der Waals surface area contributed by atoms with Crippen LogP contribution in [-0.4, -0.2) is 11.0 Å². The Morgan fingerprint density at radius 1 is 1.05 bits per heavy atom. The zero-order valence-electron chi connectivity index (χ0n) is 9.75. The maximum Gasteiger partial charge on any atom is 0.259 e. The molecule has 2 rings (SSSR count). The van der Waals surface area contributed by atoms with E-state index in [1.165, 1.54) is 12.1 Å². The van der Waals surface area contributed by atoms with Crippen LogP contribution >= 0.6 is 55.1 Å². The first-order valence-corrected chi connectivity index (χ1v) is 7.67. The highest BCUT2D eigenvalue weighted by atomic mass is 79.9. The maximum absolute atomic E-state index is 12.2. The topological polar surface area (TPSA) is 49.3 Å². The van der Waals surface area contributed by atoms with Crippen LogP contribution in [0.3, 0.4) is 0 Å². The number of benzene rings is 2. The van der Waals surface area contributed by atoms with Gasteiger partial charge in [0, 0.05) is 8.95 Å². The third kappa shape index (κ3) is 3.47. The molecule has 1 amide bonds. The molecule has 2 aromatic carbocycles. The zero-order chi connectivity index (χ0) is 14.9. The molecule has 0 heterocycles. The van der Waals surface area contributed by atoms with Crippen LogP contribution in [0.15, 0.2) is 39.3 Å². The van der Waals surface area contributed by atoms with Gasteiger partial charge in [-0.25, -0.2) is 0 Å². The first-order valence-electron chi connectivity index (χ1n) is 5.33. The van der Waals surface area contributed by atoms with Gasteiger partial charge < -0.3 is 10.4 Å². The smallest absolute Gasteiger partial charge is 0.259 e. The molecule has 0 aliphatic rings. The lowest BCUT2D eigenvalue weighted by Crippen LogP contribution is -2.13. The zero-order valence-corrected chi connectivity index (χ0v) is 14.4. The Morgan fingerprint density at radius 3 is 2.25 bits per heavy atom. The number of hydrogen-bond acceptors (Lipinski definition) is 2. The monoisotopic (exact) mass is 437 g/mol. The van der Waals surface area contributed by atoms with Gasteiger partial charge in [-0.1, -0.05) is 55.1 Å². The second-order valence-corrected chi connectivity index (χ2v) is 6.51. The summed E-state index contributed by atoms with van der Waals surface area (Å²) in [4.78, 5) is 12.2. The lowest BCUT2D eigenvalue weighted by atomic mass is 10.2. The van der Waals surface area contributed by atoms with E-state index >= 15 is 0 Å². The number of aromatic hydroxyl groups is 1. The summed E-state index contributed by atoms with van der Waals surface area (Å²) < 4.78 is 1.38. The molecule has 0 atom stereocenters. The quantitative estimate of drug-likeness (QED) is 0.651. The number of phenolic OH excluding ortho intramolecular Hbond substituents is 1. The molecule has 0 aliphatic heterocycles. The Kier molecular flexibility index (Phi) is 4.96. The highest BCUT2D eigenvalue weighted by Crippen LogP contribution is 2.34. The Balaban J connectivity index is 2.35. The molecule has 104 valence electrons. The van der Waals surface area contributed by atoms with Crippen LogP contribution in [0.5, 0.6) is 5.75 Å². The summed E-state index contributed by atoms with van der Waals surface area (Å²) in [5.74, 6) is -0.634. The minimum Gasteiger partial charge on any atom is -0.507 e. The molecule has 7 heteroatoms. The predicted octanol–water partition coefficient (Wildman–Crippen LogP) is 5.48. The van der Waals surface area contributed by atoms with Gasteiger partial charge in [-0.15, -0.1) is 0 Å². The van der Waals surface area contributed by atoms with Gasteiger partial charge in [0.15, 0.2) is 0 Å². The van der Waals surface area contributed by atoms with Gasteiger partial charge in [0.1, 0.15) is 5.75 Å². The largest absolute Gasteiger partial charge is 0.507 e. The molecular weight excluding hydrogens is 433 g/mol. The van der Waals surface area contributed by atoms with E-state index < -0.39 is 5.91 Å². The molecule has 2 aromatic rings. The van der Waals surface area contributed by atoms with Gasteiger partial charge in [0.05, 0.1) is 21.3 Å². The third-order valence-corrected chi connectivity index (χ3v) is 4.00. The highest BCUT2D eigenvalue weighted by Gasteiger charge is 2.15. The molecule has 0 bridgehead atoms. The van der Waals surface area contributed by atoms with E-state index in [0.29, 0.717) is 24.7 Å². The number of anilines is 1. The van der Waals surface area contributed by atoms with Crippen molar-refractivity contribution < 1.29 is 9.90 Å². The van der Waals surface area contributed by atoms with E-state index in [2.05, 4.69) is 37.2 Å². The predicted molar refractivity (Wildman–Crippen MR) is 87.9 cm³/mol. The van der Waals surface area contributed by atoms with Gasteiger partial charge in [-0.2, -0.15) is 0 Å². The number of carbonyl (C=O) groups excluding carboxylic acids is 1. The van der Waals surface area contributed by atoms with Crippen molar-refractivity contribution in [2.24, 2.45) is 0 Å². The van der Waals surface area contributed by atoms with Crippen molar-refractivity contribution in [1.29, 1.82) is 0 Å². The molecule has 0 aliphatic carbocycles. The summed E-state index contributed by atoms with van der Waals surface area (Å²) >= 11 is 18.6. The number of phenols is 1.